The molecule has 8 unspecified atom stereocenters. The number of rotatable bonds is 16. The molecule has 2 amide bonds. The van der Waals surface area contributed by atoms with Crippen molar-refractivity contribution < 1.29 is 29.0 Å². The van der Waals surface area contributed by atoms with E-state index in [-0.39, 0.29) is 30.6 Å². The van der Waals surface area contributed by atoms with E-state index in [4.69, 9.17) is 61.1 Å². The summed E-state index contributed by atoms with van der Waals surface area (Å²) in [5.74, 6) is -2.83. The first kappa shape index (κ1) is 55.1. The number of pyridine rings is 2. The van der Waals surface area contributed by atoms with E-state index in [0.29, 0.717) is 50.2 Å². The largest absolute Gasteiger partial charge is 0.393 e. The molecule has 3 aliphatic rings. The number of esters is 2. The molecule has 0 radical (unpaired) electrons. The second-order valence-electron chi connectivity index (χ2n) is 22.1. The Morgan fingerprint density at radius 1 is 0.605 bits per heavy atom. The average molecular weight is 1100 g/mol. The summed E-state index contributed by atoms with van der Waals surface area (Å²) in [5, 5.41) is 13.2. The monoisotopic (exact) mass is 1100 g/mol. The number of ether oxygens (including phenoxy) is 1. The molecule has 0 spiro atoms. The second-order valence-corrected chi connectivity index (χ2v) is 23.8. The van der Waals surface area contributed by atoms with Crippen molar-refractivity contribution in [1.82, 2.24) is 19.8 Å². The molecule has 9 rings (SSSR count). The molecule has 8 atom stereocenters. The van der Waals surface area contributed by atoms with Gasteiger partial charge in [-0.15, -0.1) is 0 Å². The molecule has 2 aliphatic heterocycles. The molecule has 2 saturated heterocycles. The van der Waals surface area contributed by atoms with Gasteiger partial charge in [-0.25, -0.2) is 0 Å². The zero-order valence-electron chi connectivity index (χ0n) is 43.7. The van der Waals surface area contributed by atoms with Gasteiger partial charge in [-0.1, -0.05) is 135 Å². The highest BCUT2D eigenvalue weighted by Gasteiger charge is 2.55. The molecule has 10 nitrogen and oxygen atoms in total. The summed E-state index contributed by atoms with van der Waals surface area (Å²) in [6.45, 7) is 10.8. The van der Waals surface area contributed by atoms with Gasteiger partial charge < -0.3 is 19.6 Å². The number of aliphatic hydroxyl groups is 1. The fourth-order valence-corrected chi connectivity index (χ4v) is 12.6. The van der Waals surface area contributed by atoms with Crippen LogP contribution in [0.1, 0.15) is 180 Å². The van der Waals surface area contributed by atoms with Gasteiger partial charge in [0.05, 0.1) is 64.9 Å². The summed E-state index contributed by atoms with van der Waals surface area (Å²) in [6, 6.07) is 39.2. The first-order chi connectivity index (χ1) is 36.2. The molecule has 6 aromatic rings. The van der Waals surface area contributed by atoms with Crippen LogP contribution in [0.15, 0.2) is 133 Å². The molecular formula is C62H64Cl4N4O6. The molecule has 76 heavy (non-hydrogen) atoms. The summed E-state index contributed by atoms with van der Waals surface area (Å²) in [7, 11) is 0. The standard InChI is InChI=1S/C62H64Cl4N4O6/c1-7-51(49-18-11-17-48(67-49)37-21-22-37)69-56(38-23-27-42(63)28-24-38)46(40-13-9-15-44(65)31-40)33-61(5,58(69)73)35-54(71)76-55(72)36-62(6)34-47(41-14-10-16-45(66)32-41)57(39-25-29-43(64)30-26-39)70(59(62)74)52(8-2)50-19-12-20-53(68-50)60(3,4)75/h9-20,23-32,37,46-47,51-52,56-57,75H,7-8,21-22,33-36H2,1-6H3. The highest BCUT2D eigenvalue weighted by molar-refractivity contribution is 6.31. The third-order valence-corrected chi connectivity index (χ3v) is 16.8. The molecule has 1 saturated carbocycles. The molecule has 4 aromatic carbocycles. The first-order valence-corrected chi connectivity index (χ1v) is 27.8. The van der Waals surface area contributed by atoms with E-state index in [1.807, 2.05) is 127 Å². The highest BCUT2D eigenvalue weighted by Crippen LogP contribution is 2.56. The van der Waals surface area contributed by atoms with Crippen LogP contribution in [0.25, 0.3) is 0 Å². The number of amides is 2. The van der Waals surface area contributed by atoms with Crippen LogP contribution in [0.2, 0.25) is 20.1 Å². The van der Waals surface area contributed by atoms with Crippen molar-refractivity contribution in [3.63, 3.8) is 0 Å². The lowest BCUT2D eigenvalue weighted by Crippen LogP contribution is -2.54. The van der Waals surface area contributed by atoms with Gasteiger partial charge in [-0.05, 0) is 147 Å². The second kappa shape index (κ2) is 22.4. The molecule has 1 N–H and O–H groups in total. The molecule has 396 valence electrons. The normalized spacial score (nSPS) is 23.8. The van der Waals surface area contributed by atoms with E-state index in [1.54, 1.807) is 58.0 Å². The van der Waals surface area contributed by atoms with Crippen LogP contribution in [-0.4, -0.2) is 48.6 Å². The van der Waals surface area contributed by atoms with Crippen molar-refractivity contribution in [3.05, 3.63) is 199 Å². The van der Waals surface area contributed by atoms with Gasteiger partial charge in [0.1, 0.15) is 5.60 Å². The Bertz CT molecular complexity index is 3130. The maximum atomic E-state index is 15.7. The fourth-order valence-electron chi connectivity index (χ4n) is 12.0. The lowest BCUT2D eigenvalue weighted by atomic mass is 9.66. The predicted octanol–water partition coefficient (Wildman–Crippen LogP) is 15.2. The van der Waals surface area contributed by atoms with E-state index < -0.39 is 71.3 Å². The number of nitrogens with zero attached hydrogens (tertiary/aromatic N) is 4. The van der Waals surface area contributed by atoms with Crippen molar-refractivity contribution in [1.29, 1.82) is 0 Å². The first-order valence-electron chi connectivity index (χ1n) is 26.3. The molecule has 2 aromatic heterocycles. The van der Waals surface area contributed by atoms with E-state index >= 15 is 9.59 Å². The van der Waals surface area contributed by atoms with Crippen LogP contribution < -0.4 is 0 Å². The van der Waals surface area contributed by atoms with E-state index in [2.05, 4.69) is 0 Å². The van der Waals surface area contributed by atoms with Gasteiger partial charge in [-0.3, -0.25) is 29.1 Å². The predicted molar refractivity (Wildman–Crippen MR) is 298 cm³/mol. The number of piperidine rings is 2. The summed E-state index contributed by atoms with van der Waals surface area (Å²) < 4.78 is 5.82. The van der Waals surface area contributed by atoms with Gasteiger partial charge >= 0.3 is 11.9 Å². The highest BCUT2D eigenvalue weighted by atomic mass is 35.5. The number of benzene rings is 4. The van der Waals surface area contributed by atoms with Gasteiger partial charge in [0.25, 0.3) is 0 Å². The Hall–Kier alpha value is -5.62. The quantitative estimate of drug-likeness (QED) is 0.0749. The third kappa shape index (κ3) is 11.6. The molecular weight excluding hydrogens is 1040 g/mol. The van der Waals surface area contributed by atoms with Crippen molar-refractivity contribution in [2.45, 2.75) is 140 Å². The SMILES string of the molecule is CCC(c1cccc(C2CC2)n1)N1C(=O)C(C)(CC(=O)OC(=O)CC2(C)CC(c3cccc(Cl)c3)C(c3ccc(Cl)cc3)N(C(CC)c3cccc(C(C)(C)O)n3)C2=O)CC(c2cccc(Cl)c2)C1c1ccc(Cl)cc1. The van der Waals surface area contributed by atoms with E-state index in [9.17, 15) is 14.7 Å². The van der Waals surface area contributed by atoms with Crippen LogP contribution in [0, 0.1) is 10.8 Å². The smallest absolute Gasteiger partial charge is 0.314 e. The zero-order chi connectivity index (χ0) is 54.3. The van der Waals surface area contributed by atoms with Crippen LogP contribution in [0.4, 0.5) is 0 Å². The number of aromatic nitrogens is 2. The number of likely N-dealkylation sites (tertiary alicyclic amines) is 2. The maximum Gasteiger partial charge on any atom is 0.314 e. The van der Waals surface area contributed by atoms with Gasteiger partial charge in [0.15, 0.2) is 0 Å². The molecule has 1 aliphatic carbocycles. The van der Waals surface area contributed by atoms with E-state index in [0.717, 1.165) is 46.5 Å². The summed E-state index contributed by atoms with van der Waals surface area (Å²) >= 11 is 26.3. The van der Waals surface area contributed by atoms with Gasteiger partial charge in [0, 0.05) is 43.5 Å². The Morgan fingerprint density at radius 2 is 1.03 bits per heavy atom. The molecule has 4 heterocycles. The number of hydrogen-bond donors (Lipinski definition) is 1. The Morgan fingerprint density at radius 3 is 1.43 bits per heavy atom. The average Bonchev–Trinajstić information content (AvgIpc) is 4.28. The number of carbonyl (C=O) groups excluding carboxylic acids is 4. The Kier molecular flexibility index (Phi) is 16.2. The topological polar surface area (TPSA) is 130 Å². The van der Waals surface area contributed by atoms with Gasteiger partial charge in [-0.2, -0.15) is 0 Å². The minimum atomic E-state index is -1.42. The Balaban J connectivity index is 1.07. The van der Waals surface area contributed by atoms with Gasteiger partial charge in [0.2, 0.25) is 11.8 Å². The van der Waals surface area contributed by atoms with E-state index in [1.165, 1.54) is 0 Å². The third-order valence-electron chi connectivity index (χ3n) is 15.8. The lowest BCUT2D eigenvalue weighted by Gasteiger charge is -2.52. The number of hydrogen-bond acceptors (Lipinski definition) is 8. The minimum absolute atomic E-state index is 0.180. The summed E-state index contributed by atoms with van der Waals surface area (Å²) in [5.41, 5.74) is 2.07. The Labute approximate surface area is 466 Å². The van der Waals surface area contributed by atoms with Crippen molar-refractivity contribution in [2.24, 2.45) is 10.8 Å². The maximum absolute atomic E-state index is 15.7. The molecule has 0 bridgehead atoms. The molecule has 14 heteroatoms. The molecule has 3 fully saturated rings. The van der Waals surface area contributed by atoms with Crippen molar-refractivity contribution >= 4 is 70.2 Å². The lowest BCUT2D eigenvalue weighted by molar-refractivity contribution is -0.172. The number of halogens is 4. The summed E-state index contributed by atoms with van der Waals surface area (Å²) in [4.78, 5) is 74.5. The van der Waals surface area contributed by atoms with Crippen LogP contribution in [-0.2, 0) is 29.5 Å². The summed E-state index contributed by atoms with van der Waals surface area (Å²) in [6.07, 6.45) is 2.60. The fraction of sp³-hybridized carbons (Fsp3) is 0.387. The van der Waals surface area contributed by atoms with Crippen LogP contribution >= 0.6 is 46.4 Å². The number of carbonyl (C=O) groups is 4. The van der Waals surface area contributed by atoms with Crippen molar-refractivity contribution in [3.8, 4) is 0 Å². The minimum Gasteiger partial charge on any atom is -0.393 e. The van der Waals surface area contributed by atoms with Crippen molar-refractivity contribution in [2.75, 3.05) is 0 Å². The van der Waals surface area contributed by atoms with Crippen LogP contribution in [0.3, 0.4) is 0 Å². The van der Waals surface area contributed by atoms with Crippen LogP contribution in [0.5, 0.6) is 0 Å². The zero-order valence-corrected chi connectivity index (χ0v) is 46.7.